The monoisotopic (exact) mass is 151 g/mol. The van der Waals surface area contributed by atoms with Gasteiger partial charge in [0.25, 0.3) is 0 Å². The van der Waals surface area contributed by atoms with Crippen molar-refractivity contribution in [3.63, 3.8) is 0 Å². The zero-order valence-electron chi connectivity index (χ0n) is 6.26. The van der Waals surface area contributed by atoms with E-state index in [9.17, 15) is 4.79 Å². The van der Waals surface area contributed by atoms with Crippen LogP contribution in [0.5, 0.6) is 0 Å². The van der Waals surface area contributed by atoms with Gasteiger partial charge in [-0.1, -0.05) is 0 Å². The van der Waals surface area contributed by atoms with Crippen molar-refractivity contribution in [3.05, 3.63) is 24.2 Å². The van der Waals surface area contributed by atoms with Crippen LogP contribution in [-0.4, -0.2) is 11.5 Å². The van der Waals surface area contributed by atoms with E-state index in [1.807, 2.05) is 0 Å². The van der Waals surface area contributed by atoms with Crippen molar-refractivity contribution in [2.45, 2.75) is 13.3 Å². The van der Waals surface area contributed by atoms with E-state index in [0.717, 1.165) is 0 Å². The van der Waals surface area contributed by atoms with Crippen LogP contribution in [0.4, 0.5) is 0 Å². The van der Waals surface area contributed by atoms with Crippen LogP contribution in [0.25, 0.3) is 0 Å². The maximum Gasteiger partial charge on any atom is 0.203 e. The first-order valence-corrected chi connectivity index (χ1v) is 3.31. The summed E-state index contributed by atoms with van der Waals surface area (Å²) in [5.41, 5.74) is 0.353. The molecule has 0 radical (unpaired) electrons. The molecule has 0 atom stereocenters. The molecule has 0 fully saturated rings. The molecule has 0 saturated carbocycles. The van der Waals surface area contributed by atoms with Gasteiger partial charge in [0.15, 0.2) is 5.76 Å². The lowest BCUT2D eigenvalue weighted by Gasteiger charge is -1.92. The molecule has 0 aliphatic carbocycles. The van der Waals surface area contributed by atoms with Crippen molar-refractivity contribution in [3.8, 4) is 0 Å². The maximum atomic E-state index is 11.1. The molecular formula is C8H9NO2. The van der Waals surface area contributed by atoms with Gasteiger partial charge in [-0.25, -0.2) is 0 Å². The van der Waals surface area contributed by atoms with Crippen LogP contribution in [0.2, 0.25) is 0 Å². The fraction of sp³-hybridized carbons (Fsp3) is 0.250. The van der Waals surface area contributed by atoms with Crippen molar-refractivity contribution in [2.75, 3.05) is 0 Å². The predicted molar refractivity (Wildman–Crippen MR) is 41.1 cm³/mol. The van der Waals surface area contributed by atoms with Crippen molar-refractivity contribution in [1.82, 2.24) is 0 Å². The van der Waals surface area contributed by atoms with E-state index in [2.05, 4.69) is 0 Å². The summed E-state index contributed by atoms with van der Waals surface area (Å²) in [6.45, 7) is 1.60. The molecule has 1 rings (SSSR count). The lowest BCUT2D eigenvalue weighted by atomic mass is 10.2. The van der Waals surface area contributed by atoms with Gasteiger partial charge >= 0.3 is 0 Å². The summed E-state index contributed by atoms with van der Waals surface area (Å²) in [5, 5.41) is 7.06. The average molecular weight is 151 g/mol. The van der Waals surface area contributed by atoms with E-state index in [1.54, 1.807) is 19.1 Å². The van der Waals surface area contributed by atoms with E-state index in [0.29, 0.717) is 11.5 Å². The zero-order chi connectivity index (χ0) is 8.27. The van der Waals surface area contributed by atoms with Gasteiger partial charge < -0.3 is 9.83 Å². The summed E-state index contributed by atoms with van der Waals surface area (Å²) in [6, 6.07) is 3.26. The van der Waals surface area contributed by atoms with Crippen LogP contribution < -0.4 is 0 Å². The largest absolute Gasteiger partial charge is 0.461 e. The van der Waals surface area contributed by atoms with Crippen molar-refractivity contribution >= 4 is 11.5 Å². The Balaban J connectivity index is 2.64. The summed E-state index contributed by atoms with van der Waals surface area (Å²) in [5.74, 6) is 0.194. The molecule has 3 heteroatoms. The molecule has 0 spiro atoms. The molecule has 0 aliphatic rings. The number of ketones is 1. The van der Waals surface area contributed by atoms with Gasteiger partial charge in [-0.15, -0.1) is 0 Å². The maximum absolute atomic E-state index is 11.1. The number of nitrogens with one attached hydrogen (secondary N) is 1. The van der Waals surface area contributed by atoms with Crippen LogP contribution in [-0.2, 0) is 0 Å². The van der Waals surface area contributed by atoms with E-state index < -0.39 is 0 Å². The molecule has 0 amide bonds. The van der Waals surface area contributed by atoms with E-state index in [-0.39, 0.29) is 12.2 Å². The second-order valence-corrected chi connectivity index (χ2v) is 2.36. The first kappa shape index (κ1) is 7.72. The lowest BCUT2D eigenvalue weighted by Crippen LogP contribution is -2.02. The van der Waals surface area contributed by atoms with Gasteiger partial charge in [-0.05, 0) is 19.1 Å². The number of furan rings is 1. The van der Waals surface area contributed by atoms with Crippen molar-refractivity contribution < 1.29 is 9.21 Å². The Bertz CT molecular complexity index is 262. The smallest absolute Gasteiger partial charge is 0.203 e. The van der Waals surface area contributed by atoms with Crippen LogP contribution >= 0.6 is 0 Å². The second kappa shape index (κ2) is 3.14. The quantitative estimate of drug-likeness (QED) is 0.529. The number of rotatable bonds is 3. The SMILES string of the molecule is CC(=N)CC(=O)c1ccco1. The number of hydrogen-bond donors (Lipinski definition) is 1. The second-order valence-electron chi connectivity index (χ2n) is 2.36. The van der Waals surface area contributed by atoms with Gasteiger partial charge in [0, 0.05) is 5.71 Å². The fourth-order valence-electron chi connectivity index (χ4n) is 0.765. The normalized spacial score (nSPS) is 9.55. The van der Waals surface area contributed by atoms with Gasteiger partial charge in [0.05, 0.1) is 12.7 Å². The predicted octanol–water partition coefficient (Wildman–Crippen LogP) is 1.89. The molecule has 0 unspecified atom stereocenters. The third kappa shape index (κ3) is 2.04. The molecule has 1 N–H and O–H groups in total. The van der Waals surface area contributed by atoms with Crippen LogP contribution in [0.15, 0.2) is 22.8 Å². The van der Waals surface area contributed by atoms with Crippen LogP contribution in [0.3, 0.4) is 0 Å². The Kier molecular flexibility index (Phi) is 2.21. The summed E-state index contributed by atoms with van der Waals surface area (Å²) >= 11 is 0. The first-order chi connectivity index (χ1) is 5.20. The number of hydrogen-bond acceptors (Lipinski definition) is 3. The minimum Gasteiger partial charge on any atom is -0.461 e. The molecule has 1 heterocycles. The van der Waals surface area contributed by atoms with E-state index in [4.69, 9.17) is 9.83 Å². The Labute approximate surface area is 64.5 Å². The van der Waals surface area contributed by atoms with Gasteiger partial charge in [-0.2, -0.15) is 0 Å². The molecule has 0 saturated heterocycles. The highest BCUT2D eigenvalue weighted by molar-refractivity contribution is 6.06. The van der Waals surface area contributed by atoms with Crippen LogP contribution in [0.1, 0.15) is 23.9 Å². The lowest BCUT2D eigenvalue weighted by molar-refractivity contribution is 0.0974. The molecule has 1 aromatic rings. The molecule has 0 bridgehead atoms. The summed E-state index contributed by atoms with van der Waals surface area (Å²) < 4.78 is 4.85. The first-order valence-electron chi connectivity index (χ1n) is 3.31. The van der Waals surface area contributed by atoms with Crippen LogP contribution in [0, 0.1) is 5.41 Å². The summed E-state index contributed by atoms with van der Waals surface area (Å²) in [4.78, 5) is 11.1. The third-order valence-corrected chi connectivity index (χ3v) is 1.22. The average Bonchev–Trinajstić information content (AvgIpc) is 2.35. The zero-order valence-corrected chi connectivity index (χ0v) is 6.26. The Hall–Kier alpha value is -1.38. The Morgan fingerprint density at radius 2 is 2.45 bits per heavy atom. The number of carbonyl (C=O) groups excluding carboxylic acids is 1. The van der Waals surface area contributed by atoms with Crippen molar-refractivity contribution in [2.24, 2.45) is 0 Å². The molecule has 1 aromatic heterocycles. The highest BCUT2D eigenvalue weighted by Crippen LogP contribution is 2.03. The fourth-order valence-corrected chi connectivity index (χ4v) is 0.765. The molecule has 3 nitrogen and oxygen atoms in total. The van der Waals surface area contributed by atoms with Gasteiger partial charge in [0.2, 0.25) is 5.78 Å². The van der Waals surface area contributed by atoms with Crippen molar-refractivity contribution in [1.29, 1.82) is 5.41 Å². The van der Waals surface area contributed by atoms with E-state index >= 15 is 0 Å². The number of Topliss-reactive ketones (excluding diaryl/α,β-unsaturated/α-hetero) is 1. The minimum absolute atomic E-state index is 0.137. The third-order valence-electron chi connectivity index (χ3n) is 1.22. The molecule has 11 heavy (non-hydrogen) atoms. The summed E-state index contributed by atoms with van der Waals surface area (Å²) in [7, 11) is 0. The Morgan fingerprint density at radius 1 is 1.73 bits per heavy atom. The highest BCUT2D eigenvalue weighted by atomic mass is 16.3. The van der Waals surface area contributed by atoms with Gasteiger partial charge in [-0.3, -0.25) is 4.79 Å². The van der Waals surface area contributed by atoms with Gasteiger partial charge in [0.1, 0.15) is 0 Å². The minimum atomic E-state index is -0.137. The summed E-state index contributed by atoms with van der Waals surface area (Å²) in [6.07, 6.45) is 1.60. The molecule has 58 valence electrons. The standard InChI is InChI=1S/C8H9NO2/c1-6(9)5-7(10)8-3-2-4-11-8/h2-4,9H,5H2,1H3. The number of carbonyl (C=O) groups is 1. The molecule has 0 aliphatic heterocycles. The topological polar surface area (TPSA) is 54.1 Å². The molecule has 0 aromatic carbocycles. The Morgan fingerprint density at radius 3 is 2.91 bits per heavy atom. The van der Waals surface area contributed by atoms with E-state index in [1.165, 1.54) is 6.26 Å². The molecular weight excluding hydrogens is 142 g/mol. The highest BCUT2D eigenvalue weighted by Gasteiger charge is 2.08.